The normalized spacial score (nSPS) is 17.3. The first-order chi connectivity index (χ1) is 13.7. The van der Waals surface area contributed by atoms with Crippen molar-refractivity contribution in [1.29, 1.82) is 0 Å². The SMILES string of the molecule is C/C=C/CCCCCCC1CC=C(c2ccc(CCCCC)c(F)c2F)CC1. The van der Waals surface area contributed by atoms with Crippen molar-refractivity contribution >= 4 is 5.57 Å². The Hall–Kier alpha value is -1.44. The van der Waals surface area contributed by atoms with Crippen LogP contribution < -0.4 is 0 Å². The summed E-state index contributed by atoms with van der Waals surface area (Å²) in [4.78, 5) is 0. The van der Waals surface area contributed by atoms with E-state index in [0.717, 1.165) is 44.1 Å². The molecule has 0 N–H and O–H groups in total. The second-order valence-electron chi connectivity index (χ2n) is 8.29. The predicted molar refractivity (Wildman–Crippen MR) is 117 cm³/mol. The Kier molecular flexibility index (Phi) is 10.5. The molecular formula is C26H38F2. The predicted octanol–water partition coefficient (Wildman–Crippen LogP) is 8.80. The maximum atomic E-state index is 14.6. The maximum Gasteiger partial charge on any atom is 0.166 e. The van der Waals surface area contributed by atoms with Crippen molar-refractivity contribution in [1.82, 2.24) is 0 Å². The van der Waals surface area contributed by atoms with Gasteiger partial charge in [0.05, 0.1) is 0 Å². The molecule has 0 saturated heterocycles. The Labute approximate surface area is 171 Å². The van der Waals surface area contributed by atoms with Gasteiger partial charge in [0.2, 0.25) is 0 Å². The third kappa shape index (κ3) is 7.18. The first-order valence-corrected chi connectivity index (χ1v) is 11.4. The van der Waals surface area contributed by atoms with E-state index in [1.54, 1.807) is 12.1 Å². The maximum absolute atomic E-state index is 14.6. The molecule has 0 aliphatic heterocycles. The quantitative estimate of drug-likeness (QED) is 0.248. The van der Waals surface area contributed by atoms with Crippen molar-refractivity contribution in [3.05, 3.63) is 53.1 Å². The van der Waals surface area contributed by atoms with Gasteiger partial charge in [-0.3, -0.25) is 0 Å². The summed E-state index contributed by atoms with van der Waals surface area (Å²) < 4.78 is 29.0. The van der Waals surface area contributed by atoms with Crippen LogP contribution in [0.4, 0.5) is 8.78 Å². The van der Waals surface area contributed by atoms with Crippen molar-refractivity contribution in [2.75, 3.05) is 0 Å². The number of rotatable bonds is 12. The number of benzene rings is 1. The van der Waals surface area contributed by atoms with Crippen LogP contribution in [0.15, 0.2) is 30.4 Å². The molecule has 0 heterocycles. The summed E-state index contributed by atoms with van der Waals surface area (Å²) >= 11 is 0. The van der Waals surface area contributed by atoms with E-state index in [1.165, 1.54) is 38.5 Å². The highest BCUT2D eigenvalue weighted by atomic mass is 19.2. The van der Waals surface area contributed by atoms with Crippen LogP contribution in [0.3, 0.4) is 0 Å². The summed E-state index contributed by atoms with van der Waals surface area (Å²) in [6.45, 7) is 4.20. The molecule has 28 heavy (non-hydrogen) atoms. The molecule has 0 amide bonds. The van der Waals surface area contributed by atoms with Gasteiger partial charge >= 0.3 is 0 Å². The highest BCUT2D eigenvalue weighted by molar-refractivity contribution is 5.67. The van der Waals surface area contributed by atoms with E-state index < -0.39 is 11.6 Å². The molecule has 2 rings (SSSR count). The van der Waals surface area contributed by atoms with Crippen molar-refractivity contribution in [2.45, 2.75) is 97.3 Å². The zero-order valence-corrected chi connectivity index (χ0v) is 17.9. The Morgan fingerprint density at radius 3 is 2.54 bits per heavy atom. The number of aryl methyl sites for hydroxylation is 1. The summed E-state index contributed by atoms with van der Waals surface area (Å²) in [5.41, 5.74) is 2.01. The summed E-state index contributed by atoms with van der Waals surface area (Å²) in [7, 11) is 0. The number of unbranched alkanes of at least 4 members (excludes halogenated alkanes) is 6. The van der Waals surface area contributed by atoms with Gasteiger partial charge in [-0.15, -0.1) is 0 Å². The summed E-state index contributed by atoms with van der Waals surface area (Å²) in [6, 6.07) is 3.60. The van der Waals surface area contributed by atoms with E-state index in [-0.39, 0.29) is 0 Å². The van der Waals surface area contributed by atoms with Gasteiger partial charge in [0.1, 0.15) is 0 Å². The van der Waals surface area contributed by atoms with Gasteiger partial charge in [-0.1, -0.05) is 75.8 Å². The highest BCUT2D eigenvalue weighted by Gasteiger charge is 2.20. The molecule has 1 unspecified atom stereocenters. The number of allylic oxidation sites excluding steroid dienone is 4. The largest absolute Gasteiger partial charge is 0.203 e. The third-order valence-electron chi connectivity index (χ3n) is 6.05. The van der Waals surface area contributed by atoms with E-state index in [9.17, 15) is 8.78 Å². The molecule has 1 aromatic carbocycles. The van der Waals surface area contributed by atoms with Crippen molar-refractivity contribution in [3.8, 4) is 0 Å². The molecule has 0 saturated carbocycles. The molecule has 0 spiro atoms. The summed E-state index contributed by atoms with van der Waals surface area (Å²) in [6.07, 6.45) is 20.9. The fourth-order valence-electron chi connectivity index (χ4n) is 4.21. The van der Waals surface area contributed by atoms with E-state index >= 15 is 0 Å². The Bertz CT molecular complexity index is 642. The molecule has 0 radical (unpaired) electrons. The smallest absolute Gasteiger partial charge is 0.166 e. The lowest BCUT2D eigenvalue weighted by Gasteiger charge is -2.22. The molecule has 0 nitrogen and oxygen atoms in total. The first kappa shape index (κ1) is 22.8. The summed E-state index contributed by atoms with van der Waals surface area (Å²) in [5.74, 6) is -0.560. The Morgan fingerprint density at radius 1 is 1.00 bits per heavy atom. The lowest BCUT2D eigenvalue weighted by molar-refractivity contribution is 0.423. The molecule has 1 atom stereocenters. The molecular weight excluding hydrogens is 350 g/mol. The van der Waals surface area contributed by atoms with E-state index in [0.29, 0.717) is 23.5 Å². The summed E-state index contributed by atoms with van der Waals surface area (Å²) in [5, 5.41) is 0. The zero-order valence-electron chi connectivity index (χ0n) is 17.9. The van der Waals surface area contributed by atoms with E-state index in [2.05, 4.69) is 32.1 Å². The Morgan fingerprint density at radius 2 is 1.82 bits per heavy atom. The fourth-order valence-corrected chi connectivity index (χ4v) is 4.21. The van der Waals surface area contributed by atoms with Crippen LogP contribution in [0.5, 0.6) is 0 Å². The van der Waals surface area contributed by atoms with Crippen LogP contribution in [0.25, 0.3) is 5.57 Å². The van der Waals surface area contributed by atoms with Crippen LogP contribution in [0, 0.1) is 17.6 Å². The number of hydrogen-bond acceptors (Lipinski definition) is 0. The Balaban J connectivity index is 1.81. The van der Waals surface area contributed by atoms with Gasteiger partial charge in [0.15, 0.2) is 11.6 Å². The van der Waals surface area contributed by atoms with Gasteiger partial charge in [0, 0.05) is 5.56 Å². The van der Waals surface area contributed by atoms with Gasteiger partial charge in [0.25, 0.3) is 0 Å². The number of halogens is 2. The fraction of sp³-hybridized carbons (Fsp3) is 0.615. The van der Waals surface area contributed by atoms with Gasteiger partial charge in [-0.25, -0.2) is 8.78 Å². The minimum atomic E-state index is -0.639. The second-order valence-corrected chi connectivity index (χ2v) is 8.29. The van der Waals surface area contributed by atoms with Gasteiger partial charge < -0.3 is 0 Å². The van der Waals surface area contributed by atoms with Crippen molar-refractivity contribution in [2.24, 2.45) is 5.92 Å². The first-order valence-electron chi connectivity index (χ1n) is 11.4. The molecule has 0 bridgehead atoms. The van der Waals surface area contributed by atoms with Crippen molar-refractivity contribution in [3.63, 3.8) is 0 Å². The highest BCUT2D eigenvalue weighted by Crippen LogP contribution is 2.35. The van der Waals surface area contributed by atoms with Gasteiger partial charge in [-0.05, 0) is 68.9 Å². The average Bonchev–Trinajstić information content (AvgIpc) is 2.71. The van der Waals surface area contributed by atoms with Crippen LogP contribution in [-0.2, 0) is 6.42 Å². The minimum absolute atomic E-state index is 0.485. The lowest BCUT2D eigenvalue weighted by Crippen LogP contribution is -2.07. The van der Waals surface area contributed by atoms with Crippen molar-refractivity contribution < 1.29 is 8.78 Å². The zero-order chi connectivity index (χ0) is 20.2. The topological polar surface area (TPSA) is 0 Å². The lowest BCUT2D eigenvalue weighted by atomic mass is 9.83. The second kappa shape index (κ2) is 12.9. The van der Waals surface area contributed by atoms with Crippen LogP contribution in [0.1, 0.15) is 102 Å². The van der Waals surface area contributed by atoms with E-state index in [1.807, 2.05) is 0 Å². The monoisotopic (exact) mass is 388 g/mol. The third-order valence-corrected chi connectivity index (χ3v) is 6.05. The molecule has 2 heteroatoms. The van der Waals surface area contributed by atoms with Crippen LogP contribution in [-0.4, -0.2) is 0 Å². The molecule has 0 fully saturated rings. The number of hydrogen-bond donors (Lipinski definition) is 0. The minimum Gasteiger partial charge on any atom is -0.203 e. The van der Waals surface area contributed by atoms with Crippen LogP contribution >= 0.6 is 0 Å². The molecule has 1 aliphatic rings. The average molecular weight is 389 g/mol. The standard InChI is InChI=1S/C26H38F2/c1-3-5-7-8-9-10-12-13-21-15-17-22(18-16-21)24-20-19-23(14-11-6-4-2)25(27)26(24)28/h3,5,17,19-21H,4,6-16,18H2,1-2H3/b5-3+. The molecule has 1 aromatic rings. The molecule has 156 valence electrons. The van der Waals surface area contributed by atoms with Gasteiger partial charge in [-0.2, -0.15) is 0 Å². The molecule has 0 aromatic heterocycles. The van der Waals surface area contributed by atoms with Crippen LogP contribution in [0.2, 0.25) is 0 Å². The van der Waals surface area contributed by atoms with E-state index in [4.69, 9.17) is 0 Å². The molecule has 1 aliphatic carbocycles.